The molecular formula is C10H18O3. The van der Waals surface area contributed by atoms with Crippen molar-refractivity contribution in [2.45, 2.75) is 31.3 Å². The zero-order chi connectivity index (χ0) is 9.15. The highest BCUT2D eigenvalue weighted by atomic mass is 16.5. The van der Waals surface area contributed by atoms with Crippen LogP contribution in [-0.2, 0) is 9.47 Å². The molecule has 0 aromatic heterocycles. The van der Waals surface area contributed by atoms with Crippen LogP contribution in [0.3, 0.4) is 0 Å². The van der Waals surface area contributed by atoms with E-state index < -0.39 is 5.60 Å². The van der Waals surface area contributed by atoms with Gasteiger partial charge < -0.3 is 14.6 Å². The standard InChI is InChI=1S/C10H18O3/c11-10(3-7-13-8-4-10)9-1-5-12-6-2-9/h9,11H,1-8H2. The largest absolute Gasteiger partial charge is 0.389 e. The smallest absolute Gasteiger partial charge is 0.0721 e. The third-order valence-corrected chi connectivity index (χ3v) is 3.34. The Bertz CT molecular complexity index is 158. The Labute approximate surface area is 79.0 Å². The number of aliphatic hydroxyl groups is 1. The van der Waals surface area contributed by atoms with E-state index >= 15 is 0 Å². The van der Waals surface area contributed by atoms with Crippen molar-refractivity contribution in [2.75, 3.05) is 26.4 Å². The summed E-state index contributed by atoms with van der Waals surface area (Å²) >= 11 is 0. The molecule has 13 heavy (non-hydrogen) atoms. The SMILES string of the molecule is OC1(C2CCOCC2)CCOCC1. The van der Waals surface area contributed by atoms with Crippen LogP contribution in [0.5, 0.6) is 0 Å². The molecule has 3 nitrogen and oxygen atoms in total. The highest BCUT2D eigenvalue weighted by Gasteiger charge is 2.38. The fourth-order valence-electron chi connectivity index (χ4n) is 2.37. The van der Waals surface area contributed by atoms with Crippen molar-refractivity contribution in [3.8, 4) is 0 Å². The summed E-state index contributed by atoms with van der Waals surface area (Å²) in [5.41, 5.74) is -0.456. The van der Waals surface area contributed by atoms with Crippen molar-refractivity contribution in [3.05, 3.63) is 0 Å². The van der Waals surface area contributed by atoms with Gasteiger partial charge >= 0.3 is 0 Å². The average molecular weight is 186 g/mol. The summed E-state index contributed by atoms with van der Waals surface area (Å²) < 4.78 is 10.6. The van der Waals surface area contributed by atoms with Gasteiger partial charge in [0.2, 0.25) is 0 Å². The summed E-state index contributed by atoms with van der Waals surface area (Å²) in [7, 11) is 0. The maximum absolute atomic E-state index is 10.4. The maximum Gasteiger partial charge on any atom is 0.0721 e. The molecule has 2 fully saturated rings. The van der Waals surface area contributed by atoms with Gasteiger partial charge in [-0.15, -0.1) is 0 Å². The van der Waals surface area contributed by atoms with E-state index in [1.807, 2.05) is 0 Å². The Hall–Kier alpha value is -0.120. The molecule has 2 aliphatic heterocycles. The van der Waals surface area contributed by atoms with Crippen LogP contribution in [0.2, 0.25) is 0 Å². The molecule has 76 valence electrons. The number of hydrogen-bond acceptors (Lipinski definition) is 3. The Morgan fingerprint density at radius 3 is 2.08 bits per heavy atom. The number of hydrogen-bond donors (Lipinski definition) is 1. The van der Waals surface area contributed by atoms with E-state index in [1.165, 1.54) is 0 Å². The van der Waals surface area contributed by atoms with Crippen molar-refractivity contribution in [1.29, 1.82) is 0 Å². The molecule has 2 heterocycles. The number of rotatable bonds is 1. The van der Waals surface area contributed by atoms with Gasteiger partial charge in [0, 0.05) is 26.4 Å². The predicted molar refractivity (Wildman–Crippen MR) is 48.5 cm³/mol. The first-order valence-corrected chi connectivity index (χ1v) is 5.19. The molecule has 0 atom stereocenters. The van der Waals surface area contributed by atoms with Crippen molar-refractivity contribution in [3.63, 3.8) is 0 Å². The van der Waals surface area contributed by atoms with E-state index in [1.54, 1.807) is 0 Å². The molecule has 2 saturated heterocycles. The molecule has 0 saturated carbocycles. The van der Waals surface area contributed by atoms with Gasteiger partial charge in [0.05, 0.1) is 5.60 Å². The molecule has 0 unspecified atom stereocenters. The van der Waals surface area contributed by atoms with Crippen LogP contribution in [0.15, 0.2) is 0 Å². The summed E-state index contributed by atoms with van der Waals surface area (Å²) in [6.07, 6.45) is 3.63. The second-order valence-electron chi connectivity index (χ2n) is 4.10. The first-order valence-electron chi connectivity index (χ1n) is 5.19. The monoisotopic (exact) mass is 186 g/mol. The predicted octanol–water partition coefficient (Wildman–Crippen LogP) is 0.955. The second-order valence-corrected chi connectivity index (χ2v) is 4.10. The lowest BCUT2D eigenvalue weighted by atomic mass is 9.77. The minimum Gasteiger partial charge on any atom is -0.389 e. The Morgan fingerprint density at radius 2 is 1.46 bits per heavy atom. The third kappa shape index (κ3) is 2.03. The molecule has 3 heteroatoms. The van der Waals surface area contributed by atoms with Crippen LogP contribution < -0.4 is 0 Å². The summed E-state index contributed by atoms with van der Waals surface area (Å²) in [6.45, 7) is 3.06. The minimum absolute atomic E-state index is 0.435. The molecular weight excluding hydrogens is 168 g/mol. The van der Waals surface area contributed by atoms with Gasteiger partial charge in [0.25, 0.3) is 0 Å². The molecule has 2 aliphatic rings. The van der Waals surface area contributed by atoms with Gasteiger partial charge in [-0.1, -0.05) is 0 Å². The van der Waals surface area contributed by atoms with Crippen LogP contribution in [0.25, 0.3) is 0 Å². The highest BCUT2D eigenvalue weighted by molar-refractivity contribution is 4.89. The third-order valence-electron chi connectivity index (χ3n) is 3.34. The van der Waals surface area contributed by atoms with Crippen LogP contribution in [0.4, 0.5) is 0 Å². The lowest BCUT2D eigenvalue weighted by molar-refractivity contribution is -0.122. The first-order chi connectivity index (χ1) is 6.31. The number of ether oxygens (including phenoxy) is 2. The van der Waals surface area contributed by atoms with Gasteiger partial charge in [0.1, 0.15) is 0 Å². The molecule has 0 aliphatic carbocycles. The van der Waals surface area contributed by atoms with E-state index in [0.717, 1.165) is 38.9 Å². The molecule has 0 spiro atoms. The van der Waals surface area contributed by atoms with Crippen molar-refractivity contribution >= 4 is 0 Å². The minimum atomic E-state index is -0.456. The molecule has 0 amide bonds. The fraction of sp³-hybridized carbons (Fsp3) is 1.00. The molecule has 0 bridgehead atoms. The quantitative estimate of drug-likeness (QED) is 0.662. The van der Waals surface area contributed by atoms with E-state index in [0.29, 0.717) is 19.1 Å². The lowest BCUT2D eigenvalue weighted by Crippen LogP contribution is -2.45. The van der Waals surface area contributed by atoms with Crippen molar-refractivity contribution < 1.29 is 14.6 Å². The average Bonchev–Trinajstić information content (AvgIpc) is 2.20. The van der Waals surface area contributed by atoms with Gasteiger partial charge in [-0.05, 0) is 31.6 Å². The van der Waals surface area contributed by atoms with Crippen LogP contribution in [0, 0.1) is 5.92 Å². The maximum atomic E-state index is 10.4. The van der Waals surface area contributed by atoms with Crippen molar-refractivity contribution in [1.82, 2.24) is 0 Å². The van der Waals surface area contributed by atoms with Gasteiger partial charge in [-0.25, -0.2) is 0 Å². The first kappa shape index (κ1) is 9.44. The van der Waals surface area contributed by atoms with Gasteiger partial charge in [0.15, 0.2) is 0 Å². The van der Waals surface area contributed by atoms with Crippen LogP contribution >= 0.6 is 0 Å². The van der Waals surface area contributed by atoms with Crippen LogP contribution in [0.1, 0.15) is 25.7 Å². The highest BCUT2D eigenvalue weighted by Crippen LogP contribution is 2.34. The fourth-order valence-corrected chi connectivity index (χ4v) is 2.37. The van der Waals surface area contributed by atoms with Gasteiger partial charge in [-0.3, -0.25) is 0 Å². The van der Waals surface area contributed by atoms with Crippen molar-refractivity contribution in [2.24, 2.45) is 5.92 Å². The van der Waals surface area contributed by atoms with E-state index in [-0.39, 0.29) is 0 Å². The van der Waals surface area contributed by atoms with E-state index in [9.17, 15) is 5.11 Å². The Morgan fingerprint density at radius 1 is 0.923 bits per heavy atom. The second kappa shape index (κ2) is 3.95. The Kier molecular flexibility index (Phi) is 2.86. The van der Waals surface area contributed by atoms with Crippen LogP contribution in [-0.4, -0.2) is 37.1 Å². The molecule has 0 aromatic rings. The summed E-state index contributed by atoms with van der Waals surface area (Å²) in [5, 5.41) is 10.4. The van der Waals surface area contributed by atoms with Gasteiger partial charge in [-0.2, -0.15) is 0 Å². The zero-order valence-electron chi connectivity index (χ0n) is 8.00. The zero-order valence-corrected chi connectivity index (χ0v) is 8.00. The topological polar surface area (TPSA) is 38.7 Å². The van der Waals surface area contributed by atoms with E-state index in [4.69, 9.17) is 9.47 Å². The summed E-state index contributed by atoms with van der Waals surface area (Å²) in [6, 6.07) is 0. The molecule has 0 aromatic carbocycles. The lowest BCUT2D eigenvalue weighted by Gasteiger charge is -2.40. The Balaban J connectivity index is 1.94. The summed E-state index contributed by atoms with van der Waals surface area (Å²) in [4.78, 5) is 0. The normalized spacial score (nSPS) is 30.2. The molecule has 2 rings (SSSR count). The summed E-state index contributed by atoms with van der Waals surface area (Å²) in [5.74, 6) is 0.435. The molecule has 0 radical (unpaired) electrons. The van der Waals surface area contributed by atoms with E-state index in [2.05, 4.69) is 0 Å². The molecule has 1 N–H and O–H groups in total.